The Morgan fingerprint density at radius 2 is 0.808 bits per heavy atom. The highest BCUT2D eigenvalue weighted by Crippen LogP contribution is 2.51. The normalized spacial score (nSPS) is 12.5. The van der Waals surface area contributed by atoms with Crippen LogP contribution in [0.4, 0.5) is 35.1 Å². The Kier molecular flexibility index (Phi) is 7.52. The first kappa shape index (κ1) is 33.3. The Morgan fingerprint density at radius 1 is 0.442 bits per heavy atom. The number of aromatic nitrogens is 2. The Hall–Kier alpha value is -7.16. The van der Waals surface area contributed by atoms with Crippen LogP contribution in [0.3, 0.4) is 0 Å². The number of nitriles is 4. The average molecular weight is 705 g/mol. The van der Waals surface area contributed by atoms with Gasteiger partial charge in [-0.05, 0) is 81.9 Å². The van der Waals surface area contributed by atoms with Gasteiger partial charge in [0.2, 0.25) is 0 Å². The van der Waals surface area contributed by atoms with Crippen LogP contribution in [0.25, 0.3) is 55.9 Å². The third kappa shape index (κ3) is 5.31. The van der Waals surface area contributed by atoms with Crippen LogP contribution in [-0.2, 0) is 12.4 Å². The summed E-state index contributed by atoms with van der Waals surface area (Å²) in [5.74, 6) is -2.30. The first-order chi connectivity index (χ1) is 24.7. The summed E-state index contributed by atoms with van der Waals surface area (Å²) in [5, 5.41) is 39.7. The lowest BCUT2D eigenvalue weighted by Crippen LogP contribution is -2.05. The van der Waals surface area contributed by atoms with Gasteiger partial charge in [-0.2, -0.15) is 47.4 Å². The van der Waals surface area contributed by atoms with Crippen molar-refractivity contribution in [1.29, 1.82) is 21.0 Å². The van der Waals surface area contributed by atoms with Gasteiger partial charge in [-0.25, -0.2) is 18.7 Å². The predicted octanol–water partition coefficient (Wildman–Crippen LogP) is 9.79. The molecule has 0 saturated heterocycles. The molecule has 2 aliphatic rings. The number of halogens is 8. The van der Waals surface area contributed by atoms with Crippen molar-refractivity contribution in [3.63, 3.8) is 0 Å². The number of hydrogen-bond acceptors (Lipinski definition) is 6. The van der Waals surface area contributed by atoms with Gasteiger partial charge < -0.3 is 0 Å². The van der Waals surface area contributed by atoms with Crippen LogP contribution in [-0.4, -0.2) is 9.97 Å². The van der Waals surface area contributed by atoms with Crippen LogP contribution in [0.15, 0.2) is 83.9 Å². The average Bonchev–Trinajstić information content (AvgIpc) is 3.58. The van der Waals surface area contributed by atoms with E-state index in [1.54, 1.807) is 24.3 Å². The maximum atomic E-state index is 14.3. The predicted molar refractivity (Wildman–Crippen MR) is 168 cm³/mol. The summed E-state index contributed by atoms with van der Waals surface area (Å²) in [6.07, 6.45) is -9.70. The Bertz CT molecular complexity index is 2460. The summed E-state index contributed by atoms with van der Waals surface area (Å²) in [4.78, 5) is 9.44. The molecule has 0 N–H and O–H groups in total. The van der Waals surface area contributed by atoms with E-state index < -0.39 is 46.3 Å². The van der Waals surface area contributed by atoms with Crippen LogP contribution in [0.2, 0.25) is 0 Å². The first-order valence-electron chi connectivity index (χ1n) is 14.7. The van der Waals surface area contributed by atoms with Gasteiger partial charge in [-0.1, -0.05) is 24.3 Å². The van der Waals surface area contributed by atoms with Gasteiger partial charge in [0.25, 0.3) is 0 Å². The molecule has 0 unspecified atom stereocenters. The minimum Gasteiger partial charge on any atom is -0.243 e. The fourth-order valence-electron chi connectivity index (χ4n) is 6.31. The number of hydrogen-bond donors (Lipinski definition) is 0. The second kappa shape index (κ2) is 11.7. The number of alkyl halides is 6. The summed E-state index contributed by atoms with van der Waals surface area (Å²) >= 11 is 0. The third-order valence-corrected chi connectivity index (χ3v) is 8.52. The van der Waals surface area contributed by atoms with Crippen molar-refractivity contribution >= 4 is 11.1 Å². The van der Waals surface area contributed by atoms with Crippen LogP contribution in [0.5, 0.6) is 0 Å². The molecular weight excluding hydrogens is 692 g/mol. The van der Waals surface area contributed by atoms with Crippen LogP contribution < -0.4 is 0 Å². The largest absolute Gasteiger partial charge is 0.416 e. The van der Waals surface area contributed by atoms with E-state index in [1.807, 2.05) is 0 Å². The molecule has 1 aromatic heterocycles. The molecule has 0 atom stereocenters. The highest BCUT2D eigenvalue weighted by atomic mass is 19.4. The van der Waals surface area contributed by atoms with E-state index in [4.69, 9.17) is 4.98 Å². The minimum atomic E-state index is -4.85. The van der Waals surface area contributed by atoms with E-state index in [1.165, 1.54) is 36.4 Å². The zero-order valence-corrected chi connectivity index (χ0v) is 25.6. The smallest absolute Gasteiger partial charge is 0.243 e. The molecule has 0 radical (unpaired) electrons. The molecule has 0 fully saturated rings. The topological polar surface area (TPSA) is 121 Å². The molecule has 14 heteroatoms. The number of rotatable bonds is 2. The molecule has 7 rings (SSSR count). The van der Waals surface area contributed by atoms with Crippen LogP contribution >= 0.6 is 0 Å². The molecule has 250 valence electrons. The molecule has 52 heavy (non-hydrogen) atoms. The van der Waals surface area contributed by atoms with Gasteiger partial charge in [-0.3, -0.25) is 0 Å². The van der Waals surface area contributed by atoms with Crippen molar-refractivity contribution in [2.24, 2.45) is 0 Å². The summed E-state index contributed by atoms with van der Waals surface area (Å²) in [6, 6.07) is 19.5. The number of fused-ring (bicyclic) bond motifs is 6. The summed E-state index contributed by atoms with van der Waals surface area (Å²) in [7, 11) is 0. The molecule has 0 bridgehead atoms. The lowest BCUT2D eigenvalue weighted by atomic mass is 9.95. The Balaban J connectivity index is 1.46. The summed E-state index contributed by atoms with van der Waals surface area (Å²) in [6.45, 7) is 0. The van der Waals surface area contributed by atoms with E-state index in [0.717, 1.165) is 24.3 Å². The SMILES string of the molecule is N#CC(C#N)=C1c2cc(-c3cc(F)cc(C(F)(F)F)c3)ccc2-c2nc3c(nc21)C(=C(C#N)C#N)c1cc(-c2cc(F)cc(C(F)(F)F)c2)ccc1-3. The second-order valence-corrected chi connectivity index (χ2v) is 11.5. The molecule has 6 nitrogen and oxygen atoms in total. The zero-order valence-electron chi connectivity index (χ0n) is 25.6. The number of nitrogens with zero attached hydrogens (tertiary/aromatic N) is 6. The highest BCUT2D eigenvalue weighted by molar-refractivity contribution is 6.07. The van der Waals surface area contributed by atoms with Crippen LogP contribution in [0.1, 0.15) is 33.6 Å². The summed E-state index contributed by atoms with van der Waals surface area (Å²) < 4.78 is 110. The van der Waals surface area contributed by atoms with Gasteiger partial charge in [0.05, 0.1) is 22.5 Å². The van der Waals surface area contributed by atoms with Crippen LogP contribution in [0, 0.1) is 57.0 Å². The lowest BCUT2D eigenvalue weighted by molar-refractivity contribution is -0.138. The first-order valence-corrected chi connectivity index (χ1v) is 14.7. The van der Waals surface area contributed by atoms with E-state index in [9.17, 15) is 56.2 Å². The lowest BCUT2D eigenvalue weighted by Gasteiger charge is -2.11. The molecule has 0 amide bonds. The number of allylic oxidation sites excluding steroid dienone is 2. The van der Waals surface area contributed by atoms with Gasteiger partial charge in [0, 0.05) is 22.3 Å². The quantitative estimate of drug-likeness (QED) is 0.131. The van der Waals surface area contributed by atoms with Crippen molar-refractivity contribution in [1.82, 2.24) is 9.97 Å². The van der Waals surface area contributed by atoms with E-state index in [2.05, 4.69) is 4.98 Å². The standard InChI is InChI=1S/C38H12F8N6/c39-25-7-19(5-23(11-25)37(41,42)43)17-1-3-27-29(9-17)31(21(13-47)14-48)35-33(27)51-34-28-4-2-18(20-6-24(38(44,45)46)12-26(40)8-20)10-30(28)32(36(34)52-35)22(15-49)16-50/h1-12H. The van der Waals surface area contributed by atoms with Gasteiger partial charge in [0.1, 0.15) is 58.4 Å². The van der Waals surface area contributed by atoms with Gasteiger partial charge >= 0.3 is 12.4 Å². The van der Waals surface area contributed by atoms with Crippen molar-refractivity contribution in [3.05, 3.63) is 129 Å². The maximum absolute atomic E-state index is 14.3. The minimum absolute atomic E-state index is 0.0417. The second-order valence-electron chi connectivity index (χ2n) is 11.5. The van der Waals surface area contributed by atoms with Gasteiger partial charge in [0.15, 0.2) is 0 Å². The van der Waals surface area contributed by atoms with E-state index >= 15 is 0 Å². The maximum Gasteiger partial charge on any atom is 0.416 e. The molecular formula is C38H12F8N6. The molecule has 0 saturated carbocycles. The third-order valence-electron chi connectivity index (χ3n) is 8.52. The van der Waals surface area contributed by atoms with Crippen molar-refractivity contribution in [2.45, 2.75) is 12.4 Å². The van der Waals surface area contributed by atoms with Crippen molar-refractivity contribution < 1.29 is 35.1 Å². The van der Waals surface area contributed by atoms with Gasteiger partial charge in [-0.15, -0.1) is 0 Å². The Morgan fingerprint density at radius 3 is 1.15 bits per heavy atom. The molecule has 2 aliphatic carbocycles. The monoisotopic (exact) mass is 704 g/mol. The molecule has 1 heterocycles. The zero-order chi connectivity index (χ0) is 37.3. The van der Waals surface area contributed by atoms with Crippen molar-refractivity contribution in [3.8, 4) is 69.0 Å². The fourth-order valence-corrected chi connectivity index (χ4v) is 6.31. The molecule has 0 spiro atoms. The fraction of sp³-hybridized carbons (Fsp3) is 0.0526. The van der Waals surface area contributed by atoms with E-state index in [0.29, 0.717) is 23.3 Å². The molecule has 4 aromatic carbocycles. The number of benzene rings is 4. The van der Waals surface area contributed by atoms with Crippen molar-refractivity contribution in [2.75, 3.05) is 0 Å². The molecule has 0 aliphatic heterocycles. The Labute approximate surface area is 287 Å². The summed E-state index contributed by atoms with van der Waals surface area (Å²) in [5.41, 5.74) is -2.49. The van der Waals surface area contributed by atoms with E-state index in [-0.39, 0.29) is 67.3 Å². The highest BCUT2D eigenvalue weighted by Gasteiger charge is 2.38. The molecule has 5 aromatic rings.